The highest BCUT2D eigenvalue weighted by Crippen LogP contribution is 2.35. The van der Waals surface area contributed by atoms with Crippen molar-refractivity contribution in [2.45, 2.75) is 19.4 Å². The van der Waals surface area contributed by atoms with Gasteiger partial charge in [-0.2, -0.15) is 0 Å². The number of aryl methyl sites for hydroxylation is 1. The third kappa shape index (κ3) is 1.79. The second-order valence-corrected chi connectivity index (χ2v) is 4.77. The third-order valence-corrected chi connectivity index (χ3v) is 3.60. The predicted octanol–water partition coefficient (Wildman–Crippen LogP) is 2.98. The van der Waals surface area contributed by atoms with Gasteiger partial charge in [0.25, 0.3) is 0 Å². The van der Waals surface area contributed by atoms with Gasteiger partial charge in [-0.3, -0.25) is 0 Å². The third-order valence-electron chi connectivity index (χ3n) is 3.60. The Morgan fingerprint density at radius 1 is 1.06 bits per heavy atom. The van der Waals surface area contributed by atoms with Gasteiger partial charge in [-0.1, -0.05) is 42.5 Å². The largest absolute Gasteiger partial charge is 0.493 e. The summed E-state index contributed by atoms with van der Waals surface area (Å²) >= 11 is 0. The van der Waals surface area contributed by atoms with Crippen molar-refractivity contribution < 1.29 is 4.74 Å². The molecule has 0 fully saturated rings. The van der Waals surface area contributed by atoms with Gasteiger partial charge < -0.3 is 10.5 Å². The van der Waals surface area contributed by atoms with Crippen molar-refractivity contribution in [3.8, 4) is 5.75 Å². The highest BCUT2D eigenvalue weighted by molar-refractivity contribution is 5.49. The maximum absolute atomic E-state index is 6.41. The molecule has 0 saturated heterocycles. The second kappa shape index (κ2) is 4.46. The molecule has 0 bridgehead atoms. The summed E-state index contributed by atoms with van der Waals surface area (Å²) in [7, 11) is 0. The van der Waals surface area contributed by atoms with Crippen LogP contribution in [0.25, 0.3) is 0 Å². The molecule has 1 aliphatic rings. The van der Waals surface area contributed by atoms with Crippen molar-refractivity contribution in [2.24, 2.45) is 5.73 Å². The monoisotopic (exact) mass is 239 g/mol. The zero-order valence-corrected chi connectivity index (χ0v) is 10.5. The molecule has 1 atom stereocenters. The molecule has 0 saturated carbocycles. The van der Waals surface area contributed by atoms with Gasteiger partial charge in [-0.25, -0.2) is 0 Å². The summed E-state index contributed by atoms with van der Waals surface area (Å²) in [4.78, 5) is 0. The topological polar surface area (TPSA) is 35.2 Å². The van der Waals surface area contributed by atoms with Gasteiger partial charge in [-0.05, 0) is 23.6 Å². The van der Waals surface area contributed by atoms with Gasteiger partial charge in [0, 0.05) is 12.0 Å². The molecule has 1 aliphatic heterocycles. The minimum atomic E-state index is -0.112. The smallest absolute Gasteiger partial charge is 0.127 e. The first-order valence-corrected chi connectivity index (χ1v) is 6.33. The summed E-state index contributed by atoms with van der Waals surface area (Å²) in [6.45, 7) is 2.87. The Hall–Kier alpha value is -1.80. The number of rotatable bonds is 2. The number of hydrogen-bond donors (Lipinski definition) is 1. The molecule has 1 heterocycles. The Morgan fingerprint density at radius 2 is 1.83 bits per heavy atom. The molecule has 0 spiro atoms. The summed E-state index contributed by atoms with van der Waals surface area (Å²) in [5.41, 5.74) is 11.2. The van der Waals surface area contributed by atoms with Crippen molar-refractivity contribution in [1.82, 2.24) is 0 Å². The van der Waals surface area contributed by atoms with Crippen molar-refractivity contribution in [1.29, 1.82) is 0 Å². The highest BCUT2D eigenvalue weighted by atomic mass is 16.5. The van der Waals surface area contributed by atoms with E-state index in [0.717, 1.165) is 24.3 Å². The normalized spacial score (nSPS) is 15.0. The zero-order valence-electron chi connectivity index (χ0n) is 10.5. The van der Waals surface area contributed by atoms with Crippen molar-refractivity contribution in [3.63, 3.8) is 0 Å². The van der Waals surface area contributed by atoms with Crippen LogP contribution in [-0.2, 0) is 6.42 Å². The van der Waals surface area contributed by atoms with Crippen LogP contribution in [0.2, 0.25) is 0 Å². The lowest BCUT2D eigenvalue weighted by Crippen LogP contribution is -2.14. The van der Waals surface area contributed by atoms with Crippen LogP contribution in [0.3, 0.4) is 0 Å². The number of hydrogen-bond acceptors (Lipinski definition) is 2. The molecule has 0 radical (unpaired) electrons. The number of ether oxygens (including phenoxy) is 1. The molecule has 92 valence electrons. The average molecular weight is 239 g/mol. The number of benzene rings is 2. The Balaban J connectivity index is 2.06. The van der Waals surface area contributed by atoms with Crippen molar-refractivity contribution in [3.05, 3.63) is 64.7 Å². The molecule has 2 aromatic rings. The van der Waals surface area contributed by atoms with E-state index in [1.165, 1.54) is 16.7 Å². The van der Waals surface area contributed by atoms with E-state index in [9.17, 15) is 0 Å². The van der Waals surface area contributed by atoms with Crippen LogP contribution < -0.4 is 10.5 Å². The lowest BCUT2D eigenvalue weighted by atomic mass is 9.94. The first-order valence-electron chi connectivity index (χ1n) is 6.33. The van der Waals surface area contributed by atoms with Crippen LogP contribution in [0, 0.1) is 6.92 Å². The Kier molecular flexibility index (Phi) is 2.80. The first-order chi connectivity index (χ1) is 8.77. The van der Waals surface area contributed by atoms with Crippen LogP contribution in [0.4, 0.5) is 0 Å². The van der Waals surface area contributed by atoms with E-state index >= 15 is 0 Å². The van der Waals surface area contributed by atoms with E-state index in [1.807, 2.05) is 12.1 Å². The first kappa shape index (κ1) is 11.3. The van der Waals surface area contributed by atoms with Gasteiger partial charge >= 0.3 is 0 Å². The zero-order chi connectivity index (χ0) is 12.5. The van der Waals surface area contributed by atoms with Crippen LogP contribution in [0.5, 0.6) is 5.75 Å². The van der Waals surface area contributed by atoms with Gasteiger partial charge in [0.15, 0.2) is 0 Å². The molecular weight excluding hydrogens is 222 g/mol. The van der Waals surface area contributed by atoms with Crippen LogP contribution in [-0.4, -0.2) is 6.61 Å². The fourth-order valence-corrected chi connectivity index (χ4v) is 2.59. The fourth-order valence-electron chi connectivity index (χ4n) is 2.59. The summed E-state index contributed by atoms with van der Waals surface area (Å²) < 4.78 is 5.73. The quantitative estimate of drug-likeness (QED) is 0.874. The van der Waals surface area contributed by atoms with E-state index in [0.29, 0.717) is 0 Å². The number of para-hydroxylation sites is 1. The highest BCUT2D eigenvalue weighted by Gasteiger charge is 2.21. The van der Waals surface area contributed by atoms with E-state index in [-0.39, 0.29) is 6.04 Å². The van der Waals surface area contributed by atoms with E-state index < -0.39 is 0 Å². The molecule has 2 heteroatoms. The van der Waals surface area contributed by atoms with Crippen molar-refractivity contribution >= 4 is 0 Å². The molecule has 2 N–H and O–H groups in total. The summed E-state index contributed by atoms with van der Waals surface area (Å²) in [5.74, 6) is 0.994. The minimum absolute atomic E-state index is 0.112. The van der Waals surface area contributed by atoms with Crippen LogP contribution in [0.15, 0.2) is 42.5 Å². The molecule has 18 heavy (non-hydrogen) atoms. The molecule has 0 amide bonds. The van der Waals surface area contributed by atoms with Gasteiger partial charge in [0.2, 0.25) is 0 Å². The Labute approximate surface area is 107 Å². The second-order valence-electron chi connectivity index (χ2n) is 4.77. The summed E-state index contributed by atoms with van der Waals surface area (Å²) in [6.07, 6.45) is 0.990. The number of nitrogens with two attached hydrogens (primary N) is 1. The van der Waals surface area contributed by atoms with Gasteiger partial charge in [0.1, 0.15) is 5.75 Å². The minimum Gasteiger partial charge on any atom is -0.493 e. The molecule has 2 nitrogen and oxygen atoms in total. The van der Waals surface area contributed by atoms with E-state index in [2.05, 4.69) is 37.3 Å². The van der Waals surface area contributed by atoms with Crippen molar-refractivity contribution in [2.75, 3.05) is 6.61 Å². The molecule has 1 unspecified atom stereocenters. The fraction of sp³-hybridized carbons (Fsp3) is 0.250. The van der Waals surface area contributed by atoms with Gasteiger partial charge in [0.05, 0.1) is 12.6 Å². The SMILES string of the molecule is Cc1ccccc1C(N)c1cccc2c1OCC2. The van der Waals surface area contributed by atoms with Crippen LogP contribution >= 0.6 is 0 Å². The Morgan fingerprint density at radius 3 is 2.67 bits per heavy atom. The maximum Gasteiger partial charge on any atom is 0.127 e. The standard InChI is InChI=1S/C16H17NO/c1-11-5-2-3-7-13(11)15(17)14-8-4-6-12-9-10-18-16(12)14/h2-8,15H,9-10,17H2,1H3. The lowest BCUT2D eigenvalue weighted by Gasteiger charge is -2.17. The van der Waals surface area contributed by atoms with E-state index in [1.54, 1.807) is 0 Å². The average Bonchev–Trinajstić information content (AvgIpc) is 2.86. The molecule has 0 aliphatic carbocycles. The maximum atomic E-state index is 6.41. The predicted molar refractivity (Wildman–Crippen MR) is 72.9 cm³/mol. The van der Waals surface area contributed by atoms with Gasteiger partial charge in [-0.15, -0.1) is 0 Å². The molecule has 2 aromatic carbocycles. The molecule has 0 aromatic heterocycles. The van der Waals surface area contributed by atoms with Crippen LogP contribution in [0.1, 0.15) is 28.3 Å². The lowest BCUT2D eigenvalue weighted by molar-refractivity contribution is 0.352. The summed E-state index contributed by atoms with van der Waals surface area (Å²) in [6, 6.07) is 14.4. The number of fused-ring (bicyclic) bond motifs is 1. The summed E-state index contributed by atoms with van der Waals surface area (Å²) in [5, 5.41) is 0. The molecule has 3 rings (SSSR count). The molecular formula is C16H17NO. The van der Waals surface area contributed by atoms with E-state index in [4.69, 9.17) is 10.5 Å². The Bertz CT molecular complexity index is 577.